The zero-order valence-corrected chi connectivity index (χ0v) is 23.2. The van der Waals surface area contributed by atoms with Gasteiger partial charge in [0.1, 0.15) is 11.9 Å². The molecule has 200 valence electrons. The lowest BCUT2D eigenvalue weighted by molar-refractivity contribution is -0.118. The van der Waals surface area contributed by atoms with Gasteiger partial charge in [-0.3, -0.25) is 9.59 Å². The van der Waals surface area contributed by atoms with E-state index in [0.717, 1.165) is 50.1 Å². The molecule has 0 saturated carbocycles. The van der Waals surface area contributed by atoms with Crippen molar-refractivity contribution in [2.24, 2.45) is 5.92 Å². The lowest BCUT2D eigenvalue weighted by atomic mass is 9.89. The van der Waals surface area contributed by atoms with Crippen molar-refractivity contribution in [1.82, 2.24) is 4.90 Å². The van der Waals surface area contributed by atoms with Crippen molar-refractivity contribution in [3.63, 3.8) is 0 Å². The maximum Gasteiger partial charge on any atom is 0.226 e. The first-order chi connectivity index (χ1) is 18.3. The number of ether oxygens (including phenoxy) is 1. The van der Waals surface area contributed by atoms with Gasteiger partial charge in [0.25, 0.3) is 0 Å². The van der Waals surface area contributed by atoms with Crippen LogP contribution >= 0.6 is 11.6 Å². The highest BCUT2D eigenvalue weighted by Crippen LogP contribution is 2.31. The van der Waals surface area contributed by atoms with Crippen LogP contribution in [0.5, 0.6) is 5.75 Å². The third-order valence-corrected chi connectivity index (χ3v) is 7.46. The van der Waals surface area contributed by atoms with Crippen molar-refractivity contribution in [3.8, 4) is 5.75 Å². The Balaban J connectivity index is 1.37. The molecule has 1 fully saturated rings. The largest absolute Gasteiger partial charge is 0.486 e. The maximum absolute atomic E-state index is 12.1. The van der Waals surface area contributed by atoms with Crippen molar-refractivity contribution < 1.29 is 14.3 Å². The lowest BCUT2D eigenvalue weighted by Gasteiger charge is -2.33. The Morgan fingerprint density at radius 2 is 1.71 bits per heavy atom. The molecule has 0 spiro atoms. The molecule has 1 aliphatic heterocycles. The van der Waals surface area contributed by atoms with Crippen LogP contribution < -0.4 is 10.1 Å². The van der Waals surface area contributed by atoms with Crippen molar-refractivity contribution in [2.45, 2.75) is 52.1 Å². The molecule has 5 nitrogen and oxygen atoms in total. The van der Waals surface area contributed by atoms with E-state index in [2.05, 4.69) is 22.3 Å². The van der Waals surface area contributed by atoms with Crippen molar-refractivity contribution >= 4 is 29.0 Å². The highest BCUT2D eigenvalue weighted by Gasteiger charge is 2.23. The number of piperidine rings is 1. The summed E-state index contributed by atoms with van der Waals surface area (Å²) in [7, 11) is 0. The molecule has 1 atom stereocenters. The Hall–Kier alpha value is -3.15. The van der Waals surface area contributed by atoms with Crippen LogP contribution in [0.2, 0.25) is 5.02 Å². The quantitative estimate of drug-likeness (QED) is 0.274. The highest BCUT2D eigenvalue weighted by atomic mass is 35.5. The van der Waals surface area contributed by atoms with Crippen molar-refractivity contribution in [2.75, 3.05) is 25.0 Å². The molecule has 0 bridgehead atoms. The molecule has 1 saturated heterocycles. The van der Waals surface area contributed by atoms with Crippen LogP contribution in [-0.2, 0) is 4.79 Å². The van der Waals surface area contributed by atoms with E-state index < -0.39 is 0 Å². The second kappa shape index (κ2) is 13.1. The number of rotatable bonds is 10. The van der Waals surface area contributed by atoms with Gasteiger partial charge < -0.3 is 15.0 Å². The molecule has 6 heteroatoms. The van der Waals surface area contributed by atoms with Gasteiger partial charge in [0.2, 0.25) is 5.91 Å². The molecule has 1 unspecified atom stereocenters. The van der Waals surface area contributed by atoms with E-state index >= 15 is 0 Å². The van der Waals surface area contributed by atoms with Crippen molar-refractivity contribution in [3.05, 3.63) is 94.5 Å². The lowest BCUT2D eigenvalue weighted by Crippen LogP contribution is -2.34. The first kappa shape index (κ1) is 27.9. The minimum absolute atomic E-state index is 0.0224. The van der Waals surface area contributed by atoms with E-state index in [1.807, 2.05) is 74.5 Å². The van der Waals surface area contributed by atoms with Gasteiger partial charge in [-0.1, -0.05) is 61.8 Å². The summed E-state index contributed by atoms with van der Waals surface area (Å²) in [4.78, 5) is 26.4. The van der Waals surface area contributed by atoms with Gasteiger partial charge in [-0.05, 0) is 86.3 Å². The predicted molar refractivity (Wildman–Crippen MR) is 154 cm³/mol. The Morgan fingerprint density at radius 3 is 2.39 bits per heavy atom. The van der Waals surface area contributed by atoms with E-state index in [1.54, 1.807) is 6.92 Å². The molecular formula is C32H37ClN2O3. The smallest absolute Gasteiger partial charge is 0.226 e. The number of halogens is 1. The van der Waals surface area contributed by atoms with Crippen LogP contribution in [0.4, 0.5) is 5.69 Å². The van der Waals surface area contributed by atoms with E-state index in [-0.39, 0.29) is 23.7 Å². The Bertz CT molecular complexity index is 1230. The Kier molecular flexibility index (Phi) is 9.59. The Morgan fingerprint density at radius 1 is 1.00 bits per heavy atom. The van der Waals surface area contributed by atoms with Gasteiger partial charge >= 0.3 is 0 Å². The molecule has 3 aromatic carbocycles. The number of benzene rings is 3. The topological polar surface area (TPSA) is 58.6 Å². The number of carbonyl (C=O) groups is 2. The maximum atomic E-state index is 12.1. The number of Topliss-reactive ketones (excluding diaryl/α,β-unsaturated/α-hetero) is 1. The van der Waals surface area contributed by atoms with Gasteiger partial charge in [-0.25, -0.2) is 0 Å². The second-order valence-electron chi connectivity index (χ2n) is 10.4. The van der Waals surface area contributed by atoms with Crippen LogP contribution in [0.1, 0.15) is 73.5 Å². The molecule has 1 heterocycles. The van der Waals surface area contributed by atoms with Crippen LogP contribution in [-0.4, -0.2) is 36.2 Å². The number of nitrogens with zero attached hydrogens (tertiary/aromatic N) is 1. The van der Waals surface area contributed by atoms with Crippen LogP contribution in [0, 0.1) is 5.92 Å². The normalized spacial score (nSPS) is 15.3. The van der Waals surface area contributed by atoms with Crippen LogP contribution in [0.15, 0.2) is 72.8 Å². The van der Waals surface area contributed by atoms with Crippen molar-refractivity contribution in [1.29, 1.82) is 0 Å². The zero-order valence-electron chi connectivity index (χ0n) is 22.5. The van der Waals surface area contributed by atoms with E-state index in [4.69, 9.17) is 16.3 Å². The van der Waals surface area contributed by atoms with Gasteiger partial charge in [0.15, 0.2) is 5.78 Å². The fourth-order valence-electron chi connectivity index (χ4n) is 4.87. The van der Waals surface area contributed by atoms with Crippen LogP contribution in [0.3, 0.4) is 0 Å². The number of anilines is 1. The molecule has 3 aromatic rings. The summed E-state index contributed by atoms with van der Waals surface area (Å²) in [5, 5.41) is 3.72. The molecular weight excluding hydrogens is 496 g/mol. The SMILES string of the molecule is CC(=O)c1cccc(OC(CCN2CCC(c3cccc(NC(=O)C(C)C)c3)CC2)c2ccc(Cl)cc2)c1. The summed E-state index contributed by atoms with van der Waals surface area (Å²) < 4.78 is 6.42. The van der Waals surface area contributed by atoms with Gasteiger partial charge in [0.05, 0.1) is 0 Å². The average Bonchev–Trinajstić information content (AvgIpc) is 2.92. The fraction of sp³-hybridized carbons (Fsp3) is 0.375. The number of hydrogen-bond acceptors (Lipinski definition) is 4. The first-order valence-corrected chi connectivity index (χ1v) is 13.8. The molecule has 0 aliphatic carbocycles. The molecule has 1 amide bonds. The summed E-state index contributed by atoms with van der Waals surface area (Å²) in [6.07, 6.45) is 2.84. The Labute approximate surface area is 231 Å². The molecule has 38 heavy (non-hydrogen) atoms. The highest BCUT2D eigenvalue weighted by molar-refractivity contribution is 6.30. The zero-order chi connectivity index (χ0) is 27.1. The van der Waals surface area contributed by atoms with E-state index in [0.29, 0.717) is 22.3 Å². The third-order valence-electron chi connectivity index (χ3n) is 7.21. The van der Waals surface area contributed by atoms with Gasteiger partial charge in [0, 0.05) is 35.2 Å². The monoisotopic (exact) mass is 532 g/mol. The third kappa shape index (κ3) is 7.68. The summed E-state index contributed by atoms with van der Waals surface area (Å²) in [6.45, 7) is 8.32. The molecule has 4 rings (SSSR count). The second-order valence-corrected chi connectivity index (χ2v) is 10.9. The molecule has 1 aliphatic rings. The molecule has 1 N–H and O–H groups in total. The summed E-state index contributed by atoms with van der Waals surface area (Å²) in [5.74, 6) is 1.21. The number of likely N-dealkylation sites (tertiary alicyclic amines) is 1. The minimum Gasteiger partial charge on any atom is -0.486 e. The van der Waals surface area contributed by atoms with Gasteiger partial charge in [-0.2, -0.15) is 0 Å². The number of nitrogens with one attached hydrogen (secondary N) is 1. The first-order valence-electron chi connectivity index (χ1n) is 13.4. The summed E-state index contributed by atoms with van der Waals surface area (Å²) in [5.41, 5.74) is 3.88. The number of hydrogen-bond donors (Lipinski definition) is 1. The average molecular weight is 533 g/mol. The van der Waals surface area contributed by atoms with E-state index in [9.17, 15) is 9.59 Å². The number of amides is 1. The standard InChI is InChI=1S/C32H37ClN2O3/c1-22(2)32(37)34-29-8-4-7-27(20-29)24-14-17-35(18-15-24)19-16-31(25-10-12-28(33)13-11-25)38-30-9-5-6-26(21-30)23(3)36/h4-13,20-22,24,31H,14-19H2,1-3H3,(H,34,37). The van der Waals surface area contributed by atoms with Crippen LogP contribution in [0.25, 0.3) is 0 Å². The summed E-state index contributed by atoms with van der Waals surface area (Å²) in [6, 6.07) is 23.5. The number of ketones is 1. The van der Waals surface area contributed by atoms with Gasteiger partial charge in [-0.15, -0.1) is 0 Å². The fourth-order valence-corrected chi connectivity index (χ4v) is 5.00. The molecule has 0 radical (unpaired) electrons. The minimum atomic E-state index is -0.145. The summed E-state index contributed by atoms with van der Waals surface area (Å²) >= 11 is 6.14. The van der Waals surface area contributed by atoms with E-state index in [1.165, 1.54) is 5.56 Å². The molecule has 0 aromatic heterocycles. The predicted octanol–water partition coefficient (Wildman–Crippen LogP) is 7.53. The number of carbonyl (C=O) groups excluding carboxylic acids is 2.